The summed E-state index contributed by atoms with van der Waals surface area (Å²) < 4.78 is 14.4. The Hall–Kier alpha value is -4.01. The van der Waals surface area contributed by atoms with Crippen LogP contribution in [0, 0.1) is 5.82 Å². The van der Waals surface area contributed by atoms with E-state index in [4.69, 9.17) is 0 Å². The summed E-state index contributed by atoms with van der Waals surface area (Å²) in [5.74, 6) is 0.965. The number of amides is 1. The average Bonchev–Trinajstić information content (AvgIpc) is 2.86. The van der Waals surface area contributed by atoms with Crippen LogP contribution in [0.5, 0.6) is 0 Å². The van der Waals surface area contributed by atoms with E-state index in [1.807, 2.05) is 37.5 Å². The maximum atomic E-state index is 14.4. The molecule has 5 rings (SSSR count). The number of rotatable bonds is 7. The number of carbonyl (C=O) groups is 1. The molecule has 9 heteroatoms. The van der Waals surface area contributed by atoms with Gasteiger partial charge in [-0.25, -0.2) is 24.3 Å². The first-order chi connectivity index (χ1) is 17.0. The van der Waals surface area contributed by atoms with Gasteiger partial charge in [0, 0.05) is 54.8 Å². The van der Waals surface area contributed by atoms with Gasteiger partial charge >= 0.3 is 0 Å². The standard InChI is InChI=1S/C26H26FN7O/c1-15(18-7-4-8-19-23(26(35)28-2)20(27)13-30-24(18)19)10-29-22-9-21(33-14-34-22)17-11-31-25(32-12-17)16-5-3-6-16/h4,7-9,11-16H,3,5-6,10H2,1-2H3,(H,28,35)(H,29,33,34)/t15-/m1/s1. The van der Waals surface area contributed by atoms with Crippen LogP contribution in [0.25, 0.3) is 22.2 Å². The van der Waals surface area contributed by atoms with Crippen molar-refractivity contribution in [1.29, 1.82) is 0 Å². The highest BCUT2D eigenvalue weighted by atomic mass is 19.1. The fourth-order valence-electron chi connectivity index (χ4n) is 4.30. The van der Waals surface area contributed by atoms with Gasteiger partial charge in [0.1, 0.15) is 18.0 Å². The molecule has 1 atom stereocenters. The van der Waals surface area contributed by atoms with Gasteiger partial charge < -0.3 is 10.6 Å². The van der Waals surface area contributed by atoms with Gasteiger partial charge in [0.05, 0.1) is 23.0 Å². The van der Waals surface area contributed by atoms with Crippen LogP contribution in [0.1, 0.15) is 59.8 Å². The van der Waals surface area contributed by atoms with Gasteiger partial charge in [0.2, 0.25) is 0 Å². The molecule has 0 aliphatic heterocycles. The van der Waals surface area contributed by atoms with Crippen LogP contribution in [0.3, 0.4) is 0 Å². The van der Waals surface area contributed by atoms with Crippen molar-refractivity contribution in [2.45, 2.75) is 38.0 Å². The third-order valence-electron chi connectivity index (χ3n) is 6.56. The highest BCUT2D eigenvalue weighted by Crippen LogP contribution is 2.34. The third-order valence-corrected chi connectivity index (χ3v) is 6.56. The van der Waals surface area contributed by atoms with Crippen molar-refractivity contribution in [3.63, 3.8) is 0 Å². The molecule has 0 radical (unpaired) electrons. The summed E-state index contributed by atoms with van der Waals surface area (Å²) in [4.78, 5) is 34.3. The van der Waals surface area contributed by atoms with E-state index in [0.29, 0.717) is 29.2 Å². The van der Waals surface area contributed by atoms with E-state index in [0.717, 1.165) is 41.7 Å². The van der Waals surface area contributed by atoms with Gasteiger partial charge in [0.25, 0.3) is 5.91 Å². The molecule has 2 N–H and O–H groups in total. The van der Waals surface area contributed by atoms with E-state index in [1.54, 1.807) is 6.07 Å². The molecule has 1 amide bonds. The third kappa shape index (κ3) is 4.53. The lowest BCUT2D eigenvalue weighted by atomic mass is 9.85. The number of fused-ring (bicyclic) bond motifs is 1. The zero-order valence-electron chi connectivity index (χ0n) is 19.6. The number of hydrogen-bond donors (Lipinski definition) is 2. The first-order valence-corrected chi connectivity index (χ1v) is 11.7. The molecular weight excluding hydrogens is 445 g/mol. The lowest BCUT2D eigenvalue weighted by Crippen LogP contribution is -2.20. The number of halogens is 1. The molecule has 35 heavy (non-hydrogen) atoms. The molecule has 0 spiro atoms. The van der Waals surface area contributed by atoms with Crippen LogP contribution >= 0.6 is 0 Å². The molecule has 1 aromatic carbocycles. The van der Waals surface area contributed by atoms with Gasteiger partial charge in [-0.05, 0) is 18.4 Å². The Kier molecular flexibility index (Phi) is 6.31. The maximum Gasteiger partial charge on any atom is 0.254 e. The summed E-state index contributed by atoms with van der Waals surface area (Å²) in [5.41, 5.74) is 3.11. The fourth-order valence-corrected chi connectivity index (χ4v) is 4.30. The first-order valence-electron chi connectivity index (χ1n) is 11.7. The average molecular weight is 472 g/mol. The van der Waals surface area contributed by atoms with Crippen LogP contribution < -0.4 is 10.6 Å². The lowest BCUT2D eigenvalue weighted by Gasteiger charge is -2.23. The van der Waals surface area contributed by atoms with Crippen molar-refractivity contribution in [2.75, 3.05) is 18.9 Å². The Bertz CT molecular complexity index is 1370. The van der Waals surface area contributed by atoms with Crippen molar-refractivity contribution < 1.29 is 9.18 Å². The van der Waals surface area contributed by atoms with E-state index in [-0.39, 0.29) is 11.5 Å². The molecule has 4 aromatic rings. The van der Waals surface area contributed by atoms with Crippen LogP contribution in [0.2, 0.25) is 0 Å². The second-order valence-electron chi connectivity index (χ2n) is 8.83. The van der Waals surface area contributed by atoms with Gasteiger partial charge in [-0.15, -0.1) is 0 Å². The van der Waals surface area contributed by atoms with Crippen molar-refractivity contribution in [2.24, 2.45) is 0 Å². The minimum atomic E-state index is -0.641. The summed E-state index contributed by atoms with van der Waals surface area (Å²) in [7, 11) is 1.48. The normalized spacial score (nSPS) is 14.4. The smallest absolute Gasteiger partial charge is 0.254 e. The number of nitrogens with one attached hydrogen (secondary N) is 2. The highest BCUT2D eigenvalue weighted by Gasteiger charge is 2.22. The van der Waals surface area contributed by atoms with Crippen LogP contribution in [0.4, 0.5) is 10.2 Å². The zero-order valence-corrected chi connectivity index (χ0v) is 19.6. The largest absolute Gasteiger partial charge is 0.369 e. The Morgan fingerprint density at radius 3 is 2.63 bits per heavy atom. The molecule has 1 saturated carbocycles. The summed E-state index contributed by atoms with van der Waals surface area (Å²) in [6, 6.07) is 7.35. The highest BCUT2D eigenvalue weighted by molar-refractivity contribution is 6.06. The van der Waals surface area contributed by atoms with Crippen LogP contribution in [-0.4, -0.2) is 44.4 Å². The monoisotopic (exact) mass is 471 g/mol. The Morgan fingerprint density at radius 2 is 1.91 bits per heavy atom. The molecule has 178 valence electrons. The van der Waals surface area contributed by atoms with E-state index < -0.39 is 11.7 Å². The number of nitrogens with zero attached hydrogens (tertiary/aromatic N) is 5. The lowest BCUT2D eigenvalue weighted by molar-refractivity contribution is 0.0960. The van der Waals surface area contributed by atoms with Crippen LogP contribution in [-0.2, 0) is 0 Å². The van der Waals surface area contributed by atoms with Gasteiger partial charge in [-0.3, -0.25) is 9.78 Å². The Morgan fingerprint density at radius 1 is 1.11 bits per heavy atom. The second-order valence-corrected chi connectivity index (χ2v) is 8.83. The summed E-state index contributed by atoms with van der Waals surface area (Å²) in [6.07, 6.45) is 9.82. The number of hydrogen-bond acceptors (Lipinski definition) is 7. The summed E-state index contributed by atoms with van der Waals surface area (Å²) in [6.45, 7) is 2.60. The topological polar surface area (TPSA) is 106 Å². The van der Waals surface area contributed by atoms with Crippen molar-refractivity contribution in [3.05, 3.63) is 72.0 Å². The minimum absolute atomic E-state index is 0.00509. The van der Waals surface area contributed by atoms with Crippen molar-refractivity contribution in [3.8, 4) is 11.3 Å². The number of pyridine rings is 1. The predicted octanol–water partition coefficient (Wildman–Crippen LogP) is 4.46. The number of benzene rings is 1. The molecule has 1 aliphatic carbocycles. The quantitative estimate of drug-likeness (QED) is 0.410. The maximum absolute atomic E-state index is 14.4. The van der Waals surface area contributed by atoms with Crippen LogP contribution in [0.15, 0.2) is 49.2 Å². The SMILES string of the molecule is CNC(=O)c1c(F)cnc2c([C@H](C)CNc3cc(-c4cnc(C5CCC5)nc4)ncn3)cccc12. The van der Waals surface area contributed by atoms with Gasteiger partial charge in [-0.1, -0.05) is 31.5 Å². The van der Waals surface area contributed by atoms with Crippen molar-refractivity contribution in [1.82, 2.24) is 30.2 Å². The van der Waals surface area contributed by atoms with Gasteiger partial charge in [0.15, 0.2) is 5.82 Å². The molecule has 3 aromatic heterocycles. The Labute approximate surface area is 202 Å². The molecule has 0 saturated heterocycles. The number of para-hydroxylation sites is 1. The van der Waals surface area contributed by atoms with Gasteiger partial charge in [-0.2, -0.15) is 0 Å². The summed E-state index contributed by atoms with van der Waals surface area (Å²) in [5, 5.41) is 6.34. The van der Waals surface area contributed by atoms with E-state index in [2.05, 4.69) is 35.6 Å². The van der Waals surface area contributed by atoms with E-state index >= 15 is 0 Å². The number of carbonyl (C=O) groups excluding carboxylic acids is 1. The molecule has 0 bridgehead atoms. The predicted molar refractivity (Wildman–Crippen MR) is 132 cm³/mol. The Balaban J connectivity index is 1.33. The fraction of sp³-hybridized carbons (Fsp3) is 0.308. The van der Waals surface area contributed by atoms with Crippen molar-refractivity contribution >= 4 is 22.6 Å². The molecule has 1 aliphatic rings. The summed E-state index contributed by atoms with van der Waals surface area (Å²) >= 11 is 0. The number of anilines is 1. The molecular formula is C26H26FN7O. The minimum Gasteiger partial charge on any atom is -0.369 e. The molecule has 8 nitrogen and oxygen atoms in total. The number of aromatic nitrogens is 5. The van der Waals surface area contributed by atoms with E-state index in [9.17, 15) is 9.18 Å². The molecule has 3 heterocycles. The van der Waals surface area contributed by atoms with E-state index in [1.165, 1.54) is 19.8 Å². The second kappa shape index (κ2) is 9.69. The molecule has 0 unspecified atom stereocenters. The molecule has 1 fully saturated rings. The first kappa shape index (κ1) is 22.8. The zero-order chi connectivity index (χ0) is 24.4.